The minimum atomic E-state index is 0.106. The number of rotatable bonds is 2. The second-order valence-electron chi connectivity index (χ2n) is 6.62. The lowest BCUT2D eigenvalue weighted by Gasteiger charge is -2.22. The van der Waals surface area contributed by atoms with Gasteiger partial charge in [0.15, 0.2) is 11.4 Å². The van der Waals surface area contributed by atoms with Crippen LogP contribution in [0.1, 0.15) is 16.8 Å². The van der Waals surface area contributed by atoms with E-state index in [1.165, 1.54) is 0 Å². The number of hydrogen-bond acceptors (Lipinski definition) is 6. The number of amides is 1. The highest BCUT2D eigenvalue weighted by Gasteiger charge is 2.24. The SMILES string of the molecule is O=C(c1ccsc1)N1CCCN(c2ncnc3c2oc2ccccc23)CC1. The number of hydrogen-bond donors (Lipinski definition) is 0. The summed E-state index contributed by atoms with van der Waals surface area (Å²) in [5.41, 5.74) is 3.15. The minimum absolute atomic E-state index is 0.106. The Bertz CT molecular complexity index is 1110. The molecule has 0 radical (unpaired) electrons. The molecule has 0 bridgehead atoms. The molecule has 7 heteroatoms. The molecule has 1 aromatic carbocycles. The minimum Gasteiger partial charge on any atom is -0.450 e. The van der Waals surface area contributed by atoms with Crippen molar-refractivity contribution in [2.24, 2.45) is 0 Å². The second kappa shape index (κ2) is 6.66. The van der Waals surface area contributed by atoms with Gasteiger partial charge in [0.05, 0.1) is 5.56 Å². The molecule has 0 saturated carbocycles. The Kier molecular flexibility index (Phi) is 4.01. The first kappa shape index (κ1) is 16.3. The highest BCUT2D eigenvalue weighted by atomic mass is 32.1. The van der Waals surface area contributed by atoms with Gasteiger partial charge in [-0.1, -0.05) is 12.1 Å². The maximum atomic E-state index is 12.7. The molecule has 4 heterocycles. The molecule has 1 aliphatic rings. The third-order valence-corrected chi connectivity index (χ3v) is 5.67. The molecule has 1 saturated heterocycles. The van der Waals surface area contributed by atoms with E-state index < -0.39 is 0 Å². The summed E-state index contributed by atoms with van der Waals surface area (Å²) in [6.45, 7) is 2.97. The largest absolute Gasteiger partial charge is 0.450 e. The quantitative estimate of drug-likeness (QED) is 0.531. The first-order chi connectivity index (χ1) is 13.3. The van der Waals surface area contributed by atoms with E-state index in [4.69, 9.17) is 4.42 Å². The van der Waals surface area contributed by atoms with Crippen molar-refractivity contribution in [1.82, 2.24) is 14.9 Å². The van der Waals surface area contributed by atoms with E-state index in [0.717, 1.165) is 59.5 Å². The predicted octanol–water partition coefficient (Wildman–Crippen LogP) is 3.79. The van der Waals surface area contributed by atoms with Gasteiger partial charge in [0.2, 0.25) is 0 Å². The van der Waals surface area contributed by atoms with Crippen LogP contribution in [0.5, 0.6) is 0 Å². The molecule has 27 heavy (non-hydrogen) atoms. The summed E-state index contributed by atoms with van der Waals surface area (Å²) in [4.78, 5) is 25.7. The summed E-state index contributed by atoms with van der Waals surface area (Å²) in [6.07, 6.45) is 2.49. The monoisotopic (exact) mass is 378 g/mol. The molecule has 136 valence electrons. The van der Waals surface area contributed by atoms with Gasteiger partial charge in [-0.2, -0.15) is 11.3 Å². The molecule has 0 N–H and O–H groups in total. The Labute approximate surface area is 160 Å². The number of thiophene rings is 1. The lowest BCUT2D eigenvalue weighted by molar-refractivity contribution is 0.0767. The van der Waals surface area contributed by atoms with Crippen LogP contribution >= 0.6 is 11.3 Å². The van der Waals surface area contributed by atoms with E-state index in [1.807, 2.05) is 46.0 Å². The highest BCUT2D eigenvalue weighted by molar-refractivity contribution is 7.08. The van der Waals surface area contributed by atoms with Crippen molar-refractivity contribution in [1.29, 1.82) is 0 Å². The number of anilines is 1. The summed E-state index contributed by atoms with van der Waals surface area (Å²) in [5, 5.41) is 4.85. The molecule has 1 fully saturated rings. The van der Waals surface area contributed by atoms with Crippen molar-refractivity contribution in [3.05, 3.63) is 53.0 Å². The van der Waals surface area contributed by atoms with Crippen LogP contribution in [0.4, 0.5) is 5.82 Å². The Morgan fingerprint density at radius 3 is 2.89 bits per heavy atom. The van der Waals surface area contributed by atoms with Crippen molar-refractivity contribution in [3.63, 3.8) is 0 Å². The van der Waals surface area contributed by atoms with E-state index in [0.29, 0.717) is 6.54 Å². The molecular weight excluding hydrogens is 360 g/mol. The van der Waals surface area contributed by atoms with E-state index in [2.05, 4.69) is 14.9 Å². The van der Waals surface area contributed by atoms with Gasteiger partial charge in [-0.3, -0.25) is 4.79 Å². The standard InChI is InChI=1S/C20H18N4O2S/c25-20(14-6-11-27-12-14)24-8-3-7-23(9-10-24)19-18-17(21-13-22-19)15-4-1-2-5-16(15)26-18/h1-2,4-6,11-13H,3,7-10H2. The third kappa shape index (κ3) is 2.84. The van der Waals surface area contributed by atoms with Gasteiger partial charge in [-0.25, -0.2) is 9.97 Å². The van der Waals surface area contributed by atoms with Gasteiger partial charge in [0.25, 0.3) is 5.91 Å². The Morgan fingerprint density at radius 2 is 2.00 bits per heavy atom. The molecule has 0 spiro atoms. The van der Waals surface area contributed by atoms with Crippen LogP contribution in [0.25, 0.3) is 22.1 Å². The average molecular weight is 378 g/mol. The van der Waals surface area contributed by atoms with Crippen LogP contribution in [-0.2, 0) is 0 Å². The highest BCUT2D eigenvalue weighted by Crippen LogP contribution is 2.32. The number of fused-ring (bicyclic) bond motifs is 3. The van der Waals surface area contributed by atoms with Crippen LogP contribution in [-0.4, -0.2) is 47.0 Å². The Hall–Kier alpha value is -2.93. The van der Waals surface area contributed by atoms with E-state index in [1.54, 1.807) is 17.7 Å². The van der Waals surface area contributed by atoms with Crippen molar-refractivity contribution in [2.45, 2.75) is 6.42 Å². The van der Waals surface area contributed by atoms with Crippen LogP contribution in [0, 0.1) is 0 Å². The van der Waals surface area contributed by atoms with Crippen molar-refractivity contribution in [3.8, 4) is 0 Å². The number of furan rings is 1. The zero-order chi connectivity index (χ0) is 18.2. The zero-order valence-electron chi connectivity index (χ0n) is 14.7. The van der Waals surface area contributed by atoms with Gasteiger partial charge < -0.3 is 14.2 Å². The topological polar surface area (TPSA) is 62.5 Å². The zero-order valence-corrected chi connectivity index (χ0v) is 15.5. The molecule has 6 nitrogen and oxygen atoms in total. The van der Waals surface area contributed by atoms with Crippen molar-refractivity contribution in [2.75, 3.05) is 31.1 Å². The molecule has 4 aromatic rings. The fourth-order valence-electron chi connectivity index (χ4n) is 3.64. The number of carbonyl (C=O) groups is 1. The molecular formula is C20H18N4O2S. The maximum absolute atomic E-state index is 12.7. The summed E-state index contributed by atoms with van der Waals surface area (Å²) in [6, 6.07) is 9.79. The van der Waals surface area contributed by atoms with Gasteiger partial charge in [0, 0.05) is 36.9 Å². The fraction of sp³-hybridized carbons (Fsp3) is 0.250. The average Bonchev–Trinajstić information content (AvgIpc) is 3.29. The maximum Gasteiger partial charge on any atom is 0.254 e. The molecule has 1 aliphatic heterocycles. The normalized spacial score (nSPS) is 15.4. The Morgan fingerprint density at radius 1 is 1.07 bits per heavy atom. The third-order valence-electron chi connectivity index (χ3n) is 4.99. The van der Waals surface area contributed by atoms with Crippen molar-refractivity contribution < 1.29 is 9.21 Å². The molecule has 1 amide bonds. The van der Waals surface area contributed by atoms with Gasteiger partial charge >= 0.3 is 0 Å². The summed E-state index contributed by atoms with van der Waals surface area (Å²) in [5.74, 6) is 0.913. The van der Waals surface area contributed by atoms with Crippen LogP contribution in [0.15, 0.2) is 51.8 Å². The molecule has 5 rings (SSSR count). The van der Waals surface area contributed by atoms with Crippen LogP contribution < -0.4 is 4.90 Å². The predicted molar refractivity (Wildman–Crippen MR) is 106 cm³/mol. The number of carbonyl (C=O) groups excluding carboxylic acids is 1. The number of aromatic nitrogens is 2. The van der Waals surface area contributed by atoms with Crippen LogP contribution in [0.2, 0.25) is 0 Å². The number of benzene rings is 1. The molecule has 0 unspecified atom stereocenters. The molecule has 3 aromatic heterocycles. The lowest BCUT2D eigenvalue weighted by Crippen LogP contribution is -2.35. The smallest absolute Gasteiger partial charge is 0.254 e. The fourth-order valence-corrected chi connectivity index (χ4v) is 4.27. The van der Waals surface area contributed by atoms with E-state index in [9.17, 15) is 4.79 Å². The van der Waals surface area contributed by atoms with Crippen molar-refractivity contribution >= 4 is 45.1 Å². The molecule has 0 atom stereocenters. The summed E-state index contributed by atoms with van der Waals surface area (Å²) in [7, 11) is 0. The first-order valence-electron chi connectivity index (χ1n) is 9.00. The summed E-state index contributed by atoms with van der Waals surface area (Å²) >= 11 is 1.55. The summed E-state index contributed by atoms with van der Waals surface area (Å²) < 4.78 is 6.06. The van der Waals surface area contributed by atoms with Crippen LogP contribution in [0.3, 0.4) is 0 Å². The van der Waals surface area contributed by atoms with E-state index >= 15 is 0 Å². The second-order valence-corrected chi connectivity index (χ2v) is 7.40. The van der Waals surface area contributed by atoms with Gasteiger partial charge in [-0.15, -0.1) is 0 Å². The van der Waals surface area contributed by atoms with Gasteiger partial charge in [-0.05, 0) is 30.0 Å². The number of para-hydroxylation sites is 1. The number of nitrogens with zero attached hydrogens (tertiary/aromatic N) is 4. The van der Waals surface area contributed by atoms with Gasteiger partial charge in [0.1, 0.15) is 17.4 Å². The molecule has 0 aliphatic carbocycles. The van der Waals surface area contributed by atoms with E-state index in [-0.39, 0.29) is 5.91 Å². The Balaban J connectivity index is 1.44. The first-order valence-corrected chi connectivity index (χ1v) is 9.94. The lowest BCUT2D eigenvalue weighted by atomic mass is 10.2.